The first-order chi connectivity index (χ1) is 13.1. The van der Waals surface area contributed by atoms with Crippen LogP contribution in [-0.2, 0) is 19.3 Å². The Labute approximate surface area is 178 Å². The second kappa shape index (κ2) is 9.68. The van der Waals surface area contributed by atoms with Gasteiger partial charge in [0.2, 0.25) is 0 Å². The molecule has 1 fully saturated rings. The highest BCUT2D eigenvalue weighted by molar-refractivity contribution is 14.1. The van der Waals surface area contributed by atoms with Gasteiger partial charge in [0.05, 0.1) is 13.5 Å². The highest BCUT2D eigenvalue weighted by Crippen LogP contribution is 2.32. The van der Waals surface area contributed by atoms with Crippen LogP contribution in [0.4, 0.5) is 10.6 Å². The quantitative estimate of drug-likeness (QED) is 0.261. The Morgan fingerprint density at radius 3 is 2.43 bits per heavy atom. The van der Waals surface area contributed by atoms with Gasteiger partial charge in [-0.3, -0.25) is 4.89 Å². The Hall–Kier alpha value is -1.69. The third-order valence-corrected chi connectivity index (χ3v) is 5.05. The normalized spacial score (nSPS) is 15.9. The molecule has 0 spiro atoms. The molecule has 0 unspecified atom stereocenters. The number of carbonyl (C=O) groups excluding carboxylic acids is 2. The zero-order chi connectivity index (χ0) is 20.9. The standard InChI is InChI=1S/C18H27IN4O5/c1-12(10-13(24)28-26-5)14-15(19)20-11-21-16(14)22-6-8-23(9-7-22)17(25)27-18(2,3)4/h11-12H,6-10H2,1-5H3/t12-/m1/s1. The van der Waals surface area contributed by atoms with Gasteiger partial charge in [-0.2, -0.15) is 4.89 Å². The summed E-state index contributed by atoms with van der Waals surface area (Å²) in [6.07, 6.45) is 1.36. The van der Waals surface area contributed by atoms with Crippen LogP contribution in [0.25, 0.3) is 0 Å². The monoisotopic (exact) mass is 506 g/mol. The molecule has 1 saturated heterocycles. The van der Waals surface area contributed by atoms with Gasteiger partial charge in [0, 0.05) is 31.7 Å². The van der Waals surface area contributed by atoms with Crippen LogP contribution >= 0.6 is 22.6 Å². The molecule has 0 saturated carbocycles. The number of piperazine rings is 1. The van der Waals surface area contributed by atoms with E-state index in [1.165, 1.54) is 13.4 Å². The lowest BCUT2D eigenvalue weighted by Crippen LogP contribution is -2.50. The molecule has 0 N–H and O–H groups in total. The van der Waals surface area contributed by atoms with E-state index in [0.29, 0.717) is 26.2 Å². The summed E-state index contributed by atoms with van der Waals surface area (Å²) >= 11 is 2.15. The van der Waals surface area contributed by atoms with E-state index in [4.69, 9.17) is 4.74 Å². The molecule has 156 valence electrons. The van der Waals surface area contributed by atoms with Gasteiger partial charge in [-0.1, -0.05) is 6.92 Å². The number of carbonyl (C=O) groups is 2. The molecule has 1 atom stereocenters. The van der Waals surface area contributed by atoms with Gasteiger partial charge < -0.3 is 14.5 Å². The predicted octanol–water partition coefficient (Wildman–Crippen LogP) is 2.74. The van der Waals surface area contributed by atoms with Crippen molar-refractivity contribution in [3.63, 3.8) is 0 Å². The van der Waals surface area contributed by atoms with Crippen molar-refractivity contribution < 1.29 is 24.1 Å². The van der Waals surface area contributed by atoms with Gasteiger partial charge >= 0.3 is 12.1 Å². The molecule has 0 aliphatic carbocycles. The number of ether oxygens (including phenoxy) is 1. The third kappa shape index (κ3) is 6.16. The number of hydrogen-bond acceptors (Lipinski definition) is 8. The molecule has 2 heterocycles. The molecular weight excluding hydrogens is 479 g/mol. The van der Waals surface area contributed by atoms with Gasteiger partial charge in [0.1, 0.15) is 21.4 Å². The Kier molecular flexibility index (Phi) is 7.81. The van der Waals surface area contributed by atoms with Crippen LogP contribution in [0.2, 0.25) is 0 Å². The molecule has 10 heteroatoms. The van der Waals surface area contributed by atoms with Crippen molar-refractivity contribution in [2.45, 2.75) is 45.6 Å². The number of halogens is 1. The summed E-state index contributed by atoms with van der Waals surface area (Å²) in [5.41, 5.74) is 0.373. The summed E-state index contributed by atoms with van der Waals surface area (Å²) in [4.78, 5) is 45.6. The second-order valence-electron chi connectivity index (χ2n) is 7.58. The molecule has 1 amide bonds. The van der Waals surface area contributed by atoms with E-state index in [1.807, 2.05) is 27.7 Å². The maximum atomic E-state index is 12.3. The van der Waals surface area contributed by atoms with Crippen molar-refractivity contribution in [3.8, 4) is 0 Å². The zero-order valence-corrected chi connectivity index (χ0v) is 19.1. The molecule has 0 bridgehead atoms. The summed E-state index contributed by atoms with van der Waals surface area (Å²) < 4.78 is 6.23. The van der Waals surface area contributed by atoms with E-state index < -0.39 is 11.6 Å². The fourth-order valence-corrected chi connectivity index (χ4v) is 3.85. The second-order valence-corrected chi connectivity index (χ2v) is 8.61. The minimum absolute atomic E-state index is 0.144. The number of aromatic nitrogens is 2. The van der Waals surface area contributed by atoms with Crippen LogP contribution in [0.1, 0.15) is 45.6 Å². The average molecular weight is 506 g/mol. The highest BCUT2D eigenvalue weighted by Gasteiger charge is 2.29. The van der Waals surface area contributed by atoms with Crippen LogP contribution in [0.3, 0.4) is 0 Å². The summed E-state index contributed by atoms with van der Waals surface area (Å²) in [5, 5.41) is 0. The molecule has 1 aromatic heterocycles. The topological polar surface area (TPSA) is 94.1 Å². The molecule has 1 aliphatic heterocycles. The molecule has 0 radical (unpaired) electrons. The Morgan fingerprint density at radius 1 is 1.21 bits per heavy atom. The minimum atomic E-state index is -0.517. The van der Waals surface area contributed by atoms with Crippen molar-refractivity contribution in [1.29, 1.82) is 0 Å². The lowest BCUT2D eigenvalue weighted by atomic mass is 9.99. The maximum absolute atomic E-state index is 12.3. The van der Waals surface area contributed by atoms with Crippen LogP contribution in [0.5, 0.6) is 0 Å². The summed E-state index contributed by atoms with van der Waals surface area (Å²) in [6.45, 7) is 9.80. The zero-order valence-electron chi connectivity index (χ0n) is 16.9. The first-order valence-electron chi connectivity index (χ1n) is 9.09. The first-order valence-corrected chi connectivity index (χ1v) is 10.2. The van der Waals surface area contributed by atoms with Crippen LogP contribution in [0, 0.1) is 3.70 Å². The van der Waals surface area contributed by atoms with E-state index in [-0.39, 0.29) is 18.4 Å². The van der Waals surface area contributed by atoms with Crippen molar-refractivity contribution in [3.05, 3.63) is 15.6 Å². The summed E-state index contributed by atoms with van der Waals surface area (Å²) in [7, 11) is 1.30. The van der Waals surface area contributed by atoms with Crippen LogP contribution in [-0.4, -0.2) is 65.8 Å². The van der Waals surface area contributed by atoms with Crippen LogP contribution in [0.15, 0.2) is 6.33 Å². The Morgan fingerprint density at radius 2 is 1.86 bits per heavy atom. The molecular formula is C18H27IN4O5. The SMILES string of the molecule is COOC(=O)C[C@@H](C)c1c(I)ncnc1N1CCN(C(=O)OC(C)(C)C)CC1. The number of rotatable bonds is 5. The number of nitrogens with zero attached hydrogens (tertiary/aromatic N) is 4. The van der Waals surface area contributed by atoms with Crippen LogP contribution < -0.4 is 4.90 Å². The summed E-state index contributed by atoms with van der Waals surface area (Å²) in [6, 6.07) is 0. The van der Waals surface area contributed by atoms with Gasteiger partial charge in [-0.15, -0.1) is 0 Å². The summed E-state index contributed by atoms with van der Waals surface area (Å²) in [5.74, 6) is 0.186. The maximum Gasteiger partial charge on any atom is 0.410 e. The van der Waals surface area contributed by atoms with Crippen molar-refractivity contribution in [2.75, 3.05) is 38.2 Å². The molecule has 9 nitrogen and oxygen atoms in total. The lowest BCUT2D eigenvalue weighted by Gasteiger charge is -2.37. The molecule has 28 heavy (non-hydrogen) atoms. The van der Waals surface area contributed by atoms with Crippen molar-refractivity contribution in [2.24, 2.45) is 0 Å². The number of amides is 1. The molecule has 1 aromatic rings. The van der Waals surface area contributed by atoms with Gasteiger partial charge in [0.15, 0.2) is 0 Å². The van der Waals surface area contributed by atoms with E-state index in [0.717, 1.165) is 15.1 Å². The molecule has 0 aromatic carbocycles. The Balaban J connectivity index is 2.09. The van der Waals surface area contributed by atoms with E-state index in [2.05, 4.69) is 47.2 Å². The minimum Gasteiger partial charge on any atom is -0.444 e. The lowest BCUT2D eigenvalue weighted by molar-refractivity contribution is -0.255. The van der Waals surface area contributed by atoms with Gasteiger partial charge in [-0.25, -0.2) is 19.6 Å². The van der Waals surface area contributed by atoms with Crippen molar-refractivity contribution in [1.82, 2.24) is 14.9 Å². The van der Waals surface area contributed by atoms with E-state index in [1.54, 1.807) is 4.90 Å². The average Bonchev–Trinajstić information content (AvgIpc) is 2.60. The highest BCUT2D eigenvalue weighted by atomic mass is 127. The van der Waals surface area contributed by atoms with Crippen molar-refractivity contribution >= 4 is 40.5 Å². The number of anilines is 1. The Bertz CT molecular complexity index is 702. The smallest absolute Gasteiger partial charge is 0.410 e. The fourth-order valence-electron chi connectivity index (χ4n) is 2.95. The predicted molar refractivity (Wildman–Crippen MR) is 111 cm³/mol. The third-order valence-electron chi connectivity index (χ3n) is 4.19. The fraction of sp³-hybridized carbons (Fsp3) is 0.667. The van der Waals surface area contributed by atoms with E-state index >= 15 is 0 Å². The van der Waals surface area contributed by atoms with E-state index in [9.17, 15) is 9.59 Å². The molecule has 1 aliphatic rings. The van der Waals surface area contributed by atoms with Gasteiger partial charge in [0.25, 0.3) is 0 Å². The number of hydrogen-bond donors (Lipinski definition) is 0. The van der Waals surface area contributed by atoms with Gasteiger partial charge in [-0.05, 0) is 49.3 Å². The first kappa shape index (κ1) is 22.6. The molecule has 2 rings (SSSR count). The largest absolute Gasteiger partial charge is 0.444 e.